The predicted octanol–water partition coefficient (Wildman–Crippen LogP) is 3.83. The van der Waals surface area contributed by atoms with Gasteiger partial charge in [0.05, 0.1) is 4.88 Å². The first kappa shape index (κ1) is 15.4. The molecule has 2 aromatic heterocycles. The molecular formula is C18H17N3OS2. The van der Waals surface area contributed by atoms with E-state index < -0.39 is 0 Å². The first-order valence-electron chi connectivity index (χ1n) is 7.90. The van der Waals surface area contributed by atoms with Crippen molar-refractivity contribution >= 4 is 34.3 Å². The molecule has 0 saturated carbocycles. The minimum Gasteiger partial charge on any atom is -0.368 e. The molecule has 1 aromatic carbocycles. The van der Waals surface area contributed by atoms with E-state index in [9.17, 15) is 4.79 Å². The van der Waals surface area contributed by atoms with E-state index >= 15 is 0 Å². The molecule has 0 atom stereocenters. The van der Waals surface area contributed by atoms with Gasteiger partial charge in [0.2, 0.25) is 0 Å². The minimum absolute atomic E-state index is 0.0433. The molecule has 3 aromatic rings. The lowest BCUT2D eigenvalue weighted by molar-refractivity contribution is 0.0742. The first-order chi connectivity index (χ1) is 11.8. The fourth-order valence-corrected chi connectivity index (χ4v) is 4.46. The molecule has 0 bridgehead atoms. The Balaban J connectivity index is 1.41. The molecule has 0 spiro atoms. The molecular weight excluding hydrogens is 338 g/mol. The summed E-state index contributed by atoms with van der Waals surface area (Å²) in [5.41, 5.74) is 1.79. The van der Waals surface area contributed by atoms with Crippen LogP contribution in [0.3, 0.4) is 0 Å². The molecule has 0 N–H and O–H groups in total. The quantitative estimate of drug-likeness (QED) is 0.716. The van der Waals surface area contributed by atoms with Gasteiger partial charge in [-0.3, -0.25) is 4.79 Å². The van der Waals surface area contributed by atoms with Gasteiger partial charge in [0.1, 0.15) is 10.7 Å². The molecule has 1 aliphatic heterocycles. The van der Waals surface area contributed by atoms with Gasteiger partial charge < -0.3 is 9.80 Å². The third kappa shape index (κ3) is 3.07. The average molecular weight is 355 g/mol. The second-order valence-corrected chi connectivity index (χ2v) is 7.44. The topological polar surface area (TPSA) is 36.4 Å². The van der Waals surface area contributed by atoms with E-state index in [0.717, 1.165) is 36.1 Å². The molecule has 1 fully saturated rings. The summed E-state index contributed by atoms with van der Waals surface area (Å²) in [7, 11) is 0. The van der Waals surface area contributed by atoms with Crippen LogP contribution in [0.4, 0.5) is 5.69 Å². The van der Waals surface area contributed by atoms with Gasteiger partial charge in [-0.15, -0.1) is 22.7 Å². The Morgan fingerprint density at radius 2 is 1.75 bits per heavy atom. The molecule has 122 valence electrons. The van der Waals surface area contributed by atoms with Crippen molar-refractivity contribution in [2.75, 3.05) is 31.1 Å². The Morgan fingerprint density at radius 1 is 0.958 bits per heavy atom. The van der Waals surface area contributed by atoms with Crippen LogP contribution in [0, 0.1) is 0 Å². The highest BCUT2D eigenvalue weighted by molar-refractivity contribution is 7.20. The third-order valence-corrected chi connectivity index (χ3v) is 6.02. The second kappa shape index (κ2) is 6.75. The van der Waals surface area contributed by atoms with Gasteiger partial charge in [-0.05, 0) is 23.6 Å². The molecule has 1 saturated heterocycles. The molecule has 6 heteroatoms. The zero-order chi connectivity index (χ0) is 16.4. The van der Waals surface area contributed by atoms with E-state index in [-0.39, 0.29) is 5.91 Å². The monoisotopic (exact) mass is 355 g/mol. The molecule has 1 aliphatic rings. The van der Waals surface area contributed by atoms with Crippen molar-refractivity contribution in [3.05, 3.63) is 58.9 Å². The number of piperazine rings is 1. The van der Waals surface area contributed by atoms with Gasteiger partial charge in [-0.2, -0.15) is 0 Å². The van der Waals surface area contributed by atoms with Gasteiger partial charge in [0.25, 0.3) is 5.91 Å². The number of nitrogens with zero attached hydrogens (tertiary/aromatic N) is 3. The molecule has 4 nitrogen and oxygen atoms in total. The molecule has 3 heterocycles. The Kier molecular flexibility index (Phi) is 4.32. The first-order valence-corrected chi connectivity index (χ1v) is 9.66. The number of aromatic nitrogens is 1. The number of amides is 1. The molecule has 24 heavy (non-hydrogen) atoms. The van der Waals surface area contributed by atoms with Gasteiger partial charge in [-0.1, -0.05) is 24.3 Å². The van der Waals surface area contributed by atoms with Crippen LogP contribution in [0.25, 0.3) is 9.88 Å². The zero-order valence-corrected chi connectivity index (χ0v) is 14.7. The summed E-state index contributed by atoms with van der Waals surface area (Å²) in [6.45, 7) is 3.19. The van der Waals surface area contributed by atoms with Crippen LogP contribution in [0.5, 0.6) is 0 Å². The normalized spacial score (nSPS) is 14.8. The van der Waals surface area contributed by atoms with Gasteiger partial charge in [0.15, 0.2) is 0 Å². The van der Waals surface area contributed by atoms with Crippen molar-refractivity contribution in [2.24, 2.45) is 0 Å². The third-order valence-electron chi connectivity index (χ3n) is 4.14. The van der Waals surface area contributed by atoms with Gasteiger partial charge >= 0.3 is 0 Å². The molecule has 0 radical (unpaired) electrons. The SMILES string of the molecule is O=C(c1csc(-c2cccs2)n1)N1CCN(c2ccccc2)CC1. The summed E-state index contributed by atoms with van der Waals surface area (Å²) in [5, 5.41) is 4.83. The maximum Gasteiger partial charge on any atom is 0.273 e. The lowest BCUT2D eigenvalue weighted by Crippen LogP contribution is -2.48. The van der Waals surface area contributed by atoms with E-state index in [1.807, 2.05) is 46.0 Å². The maximum absolute atomic E-state index is 12.7. The number of para-hydroxylation sites is 1. The lowest BCUT2D eigenvalue weighted by Gasteiger charge is -2.35. The molecule has 0 unspecified atom stereocenters. The van der Waals surface area contributed by atoms with Crippen molar-refractivity contribution < 1.29 is 4.79 Å². The molecule has 1 amide bonds. The number of thiophene rings is 1. The van der Waals surface area contributed by atoms with Crippen molar-refractivity contribution in [1.82, 2.24) is 9.88 Å². The van der Waals surface area contributed by atoms with E-state index in [2.05, 4.69) is 22.0 Å². The summed E-state index contributed by atoms with van der Waals surface area (Å²) in [6.07, 6.45) is 0. The number of anilines is 1. The van der Waals surface area contributed by atoms with Gasteiger partial charge in [-0.25, -0.2) is 4.98 Å². The highest BCUT2D eigenvalue weighted by Crippen LogP contribution is 2.28. The van der Waals surface area contributed by atoms with Crippen molar-refractivity contribution in [1.29, 1.82) is 0 Å². The smallest absolute Gasteiger partial charge is 0.273 e. The number of rotatable bonds is 3. The Bertz CT molecular complexity index is 806. The number of hydrogen-bond donors (Lipinski definition) is 0. The summed E-state index contributed by atoms with van der Waals surface area (Å²) in [6, 6.07) is 14.4. The van der Waals surface area contributed by atoms with Crippen molar-refractivity contribution in [2.45, 2.75) is 0 Å². The van der Waals surface area contributed by atoms with Crippen LogP contribution >= 0.6 is 22.7 Å². The van der Waals surface area contributed by atoms with E-state index in [0.29, 0.717) is 5.69 Å². The summed E-state index contributed by atoms with van der Waals surface area (Å²) < 4.78 is 0. The van der Waals surface area contributed by atoms with Crippen LogP contribution in [-0.2, 0) is 0 Å². The zero-order valence-electron chi connectivity index (χ0n) is 13.1. The number of thiazole rings is 1. The minimum atomic E-state index is 0.0433. The maximum atomic E-state index is 12.7. The Labute approximate surface area is 149 Å². The summed E-state index contributed by atoms with van der Waals surface area (Å²) >= 11 is 3.19. The lowest BCUT2D eigenvalue weighted by atomic mass is 10.2. The van der Waals surface area contributed by atoms with Crippen LogP contribution in [0.1, 0.15) is 10.5 Å². The number of carbonyl (C=O) groups is 1. The summed E-state index contributed by atoms with van der Waals surface area (Å²) in [4.78, 5) is 22.6. The Hall–Kier alpha value is -2.18. The van der Waals surface area contributed by atoms with E-state index in [1.54, 1.807) is 11.3 Å². The van der Waals surface area contributed by atoms with Crippen molar-refractivity contribution in [3.63, 3.8) is 0 Å². The number of hydrogen-bond acceptors (Lipinski definition) is 5. The van der Waals surface area contributed by atoms with Crippen LogP contribution in [-0.4, -0.2) is 42.0 Å². The molecule has 0 aliphatic carbocycles. The highest BCUT2D eigenvalue weighted by Gasteiger charge is 2.24. The number of benzene rings is 1. The largest absolute Gasteiger partial charge is 0.368 e. The number of carbonyl (C=O) groups excluding carboxylic acids is 1. The van der Waals surface area contributed by atoms with E-state index in [4.69, 9.17) is 0 Å². The second-order valence-electron chi connectivity index (χ2n) is 5.63. The van der Waals surface area contributed by atoms with Crippen molar-refractivity contribution in [3.8, 4) is 9.88 Å². The standard InChI is InChI=1S/C18H17N3OS2/c22-18(15-13-24-17(19-15)16-7-4-12-23-16)21-10-8-20(9-11-21)14-5-2-1-3-6-14/h1-7,12-13H,8-11H2. The Morgan fingerprint density at radius 3 is 2.46 bits per heavy atom. The molecule has 4 rings (SSSR count). The fourth-order valence-electron chi connectivity index (χ4n) is 2.85. The predicted molar refractivity (Wildman–Crippen MR) is 100.0 cm³/mol. The summed E-state index contributed by atoms with van der Waals surface area (Å²) in [5.74, 6) is 0.0433. The average Bonchev–Trinajstić information content (AvgIpc) is 3.33. The van der Waals surface area contributed by atoms with E-state index in [1.165, 1.54) is 17.0 Å². The van der Waals surface area contributed by atoms with Crippen LogP contribution < -0.4 is 4.90 Å². The fraction of sp³-hybridized carbons (Fsp3) is 0.222. The van der Waals surface area contributed by atoms with Gasteiger partial charge in [0, 0.05) is 37.2 Å². The highest BCUT2D eigenvalue weighted by atomic mass is 32.1. The van der Waals surface area contributed by atoms with Crippen LogP contribution in [0.2, 0.25) is 0 Å². The van der Waals surface area contributed by atoms with Crippen LogP contribution in [0.15, 0.2) is 53.2 Å².